The van der Waals surface area contributed by atoms with Gasteiger partial charge in [-0.05, 0) is 17.7 Å². The smallest absolute Gasteiger partial charge is 0.294 e. The van der Waals surface area contributed by atoms with E-state index in [2.05, 4.69) is 30.5 Å². The van der Waals surface area contributed by atoms with Crippen molar-refractivity contribution in [2.24, 2.45) is 0 Å². The van der Waals surface area contributed by atoms with E-state index < -0.39 is 5.91 Å². The number of aromatic amines is 1. The minimum atomic E-state index is -0.450. The fourth-order valence-corrected chi connectivity index (χ4v) is 2.64. The molecule has 8 heteroatoms. The van der Waals surface area contributed by atoms with E-state index in [-0.39, 0.29) is 5.82 Å². The number of rotatable bonds is 4. The molecule has 0 aliphatic heterocycles. The fraction of sp³-hybridized carbons (Fsp3) is 0.0556. The maximum atomic E-state index is 12.1. The first kappa shape index (κ1) is 15.7. The summed E-state index contributed by atoms with van der Waals surface area (Å²) in [7, 11) is 1.57. The van der Waals surface area contributed by atoms with E-state index in [4.69, 9.17) is 4.74 Å². The van der Waals surface area contributed by atoms with Crippen LogP contribution in [0.3, 0.4) is 0 Å². The second-order valence-electron chi connectivity index (χ2n) is 5.43. The first-order valence-corrected chi connectivity index (χ1v) is 7.83. The van der Waals surface area contributed by atoms with Gasteiger partial charge in [0.1, 0.15) is 23.1 Å². The van der Waals surface area contributed by atoms with Gasteiger partial charge >= 0.3 is 0 Å². The van der Waals surface area contributed by atoms with Gasteiger partial charge in [0.25, 0.3) is 5.91 Å². The molecule has 0 spiro atoms. The number of benzene rings is 2. The molecule has 4 rings (SSSR count). The molecule has 0 unspecified atom stereocenters. The maximum absolute atomic E-state index is 12.1. The number of aromatic nitrogens is 5. The van der Waals surface area contributed by atoms with Gasteiger partial charge in [0.2, 0.25) is 5.82 Å². The van der Waals surface area contributed by atoms with Gasteiger partial charge in [-0.25, -0.2) is 9.97 Å². The summed E-state index contributed by atoms with van der Waals surface area (Å²) in [6.45, 7) is 0. The normalized spacial score (nSPS) is 10.7. The average molecular weight is 346 g/mol. The molecule has 2 heterocycles. The van der Waals surface area contributed by atoms with Crippen LogP contribution in [0, 0.1) is 0 Å². The van der Waals surface area contributed by atoms with Crippen LogP contribution in [0.15, 0.2) is 55.0 Å². The largest absolute Gasteiger partial charge is 0.494 e. The molecule has 0 saturated heterocycles. The summed E-state index contributed by atoms with van der Waals surface area (Å²) in [5.74, 6) is 0.511. The van der Waals surface area contributed by atoms with Crippen molar-refractivity contribution >= 4 is 22.8 Å². The van der Waals surface area contributed by atoms with E-state index in [1.807, 2.05) is 42.5 Å². The number of hydrogen-bond acceptors (Lipinski definition) is 6. The molecule has 2 N–H and O–H groups in total. The maximum Gasteiger partial charge on any atom is 0.294 e. The van der Waals surface area contributed by atoms with Gasteiger partial charge in [0.15, 0.2) is 5.82 Å². The molecule has 26 heavy (non-hydrogen) atoms. The summed E-state index contributed by atoms with van der Waals surface area (Å²) in [6, 6.07) is 13.7. The van der Waals surface area contributed by atoms with E-state index in [0.717, 1.165) is 11.1 Å². The van der Waals surface area contributed by atoms with E-state index in [0.29, 0.717) is 22.6 Å². The van der Waals surface area contributed by atoms with Crippen molar-refractivity contribution in [1.82, 2.24) is 25.1 Å². The summed E-state index contributed by atoms with van der Waals surface area (Å²) in [5, 5.41) is 9.90. The van der Waals surface area contributed by atoms with E-state index in [1.165, 1.54) is 12.5 Å². The highest BCUT2D eigenvalue weighted by molar-refractivity contribution is 6.02. The highest BCUT2D eigenvalue weighted by atomic mass is 16.5. The zero-order valence-corrected chi connectivity index (χ0v) is 13.8. The molecule has 0 aliphatic carbocycles. The number of nitrogens with zero attached hydrogens (tertiary/aromatic N) is 4. The molecular weight excluding hydrogens is 332 g/mol. The molecule has 2 aromatic carbocycles. The topological polar surface area (TPSA) is 106 Å². The number of carbonyl (C=O) groups excluding carboxylic acids is 1. The molecule has 0 radical (unpaired) electrons. The van der Waals surface area contributed by atoms with Crippen LogP contribution in [0.2, 0.25) is 0 Å². The number of anilines is 1. The van der Waals surface area contributed by atoms with Crippen molar-refractivity contribution in [3.05, 3.63) is 60.8 Å². The van der Waals surface area contributed by atoms with Crippen molar-refractivity contribution < 1.29 is 9.53 Å². The number of ether oxygens (including phenoxy) is 1. The molecule has 0 saturated carbocycles. The van der Waals surface area contributed by atoms with Gasteiger partial charge in [-0.2, -0.15) is 0 Å². The molecular formula is C18H14N6O2. The predicted molar refractivity (Wildman–Crippen MR) is 95.9 cm³/mol. The van der Waals surface area contributed by atoms with Crippen molar-refractivity contribution in [1.29, 1.82) is 0 Å². The van der Waals surface area contributed by atoms with Crippen LogP contribution in [0.5, 0.6) is 5.75 Å². The Hall–Kier alpha value is -3.81. The Morgan fingerprint density at radius 2 is 1.96 bits per heavy atom. The lowest BCUT2D eigenvalue weighted by atomic mass is 10.0. The van der Waals surface area contributed by atoms with Crippen LogP contribution in [0.4, 0.5) is 5.82 Å². The third-order valence-electron chi connectivity index (χ3n) is 3.84. The van der Waals surface area contributed by atoms with Crippen LogP contribution >= 0.6 is 0 Å². The Kier molecular flexibility index (Phi) is 3.98. The van der Waals surface area contributed by atoms with Crippen LogP contribution < -0.4 is 10.1 Å². The Morgan fingerprint density at radius 3 is 2.69 bits per heavy atom. The Morgan fingerprint density at radius 1 is 1.12 bits per heavy atom. The highest BCUT2D eigenvalue weighted by Gasteiger charge is 2.14. The summed E-state index contributed by atoms with van der Waals surface area (Å²) in [6.07, 6.45) is 2.83. The molecule has 1 amide bonds. The second kappa shape index (κ2) is 6.60. The summed E-state index contributed by atoms with van der Waals surface area (Å²) >= 11 is 0. The minimum absolute atomic E-state index is 0.0944. The average Bonchev–Trinajstić information content (AvgIpc) is 3.23. The highest BCUT2D eigenvalue weighted by Crippen LogP contribution is 2.32. The van der Waals surface area contributed by atoms with Crippen molar-refractivity contribution in [2.75, 3.05) is 12.4 Å². The molecule has 4 aromatic rings. The van der Waals surface area contributed by atoms with Crippen molar-refractivity contribution in [3.8, 4) is 16.9 Å². The van der Waals surface area contributed by atoms with Gasteiger partial charge in [-0.3, -0.25) is 4.79 Å². The molecule has 128 valence electrons. The minimum Gasteiger partial charge on any atom is -0.494 e. The van der Waals surface area contributed by atoms with Gasteiger partial charge in [-0.1, -0.05) is 30.3 Å². The number of carbonyl (C=O) groups is 1. The van der Waals surface area contributed by atoms with E-state index in [1.54, 1.807) is 7.11 Å². The lowest BCUT2D eigenvalue weighted by Crippen LogP contribution is -2.15. The summed E-state index contributed by atoms with van der Waals surface area (Å²) < 4.78 is 5.41. The molecule has 8 nitrogen and oxygen atoms in total. The monoisotopic (exact) mass is 346 g/mol. The van der Waals surface area contributed by atoms with Crippen LogP contribution in [0.25, 0.3) is 22.2 Å². The molecule has 0 fully saturated rings. The number of nitrogens with one attached hydrogen (secondary N) is 2. The lowest BCUT2D eigenvalue weighted by Gasteiger charge is -2.11. The van der Waals surface area contributed by atoms with Crippen LogP contribution in [-0.4, -0.2) is 38.2 Å². The predicted octanol–water partition coefficient (Wildman–Crippen LogP) is 2.68. The first-order chi connectivity index (χ1) is 12.8. The van der Waals surface area contributed by atoms with Gasteiger partial charge in [0, 0.05) is 5.56 Å². The zero-order chi connectivity index (χ0) is 17.9. The van der Waals surface area contributed by atoms with Gasteiger partial charge in [-0.15, -0.1) is 10.2 Å². The number of methoxy groups -OCH3 is 1. The van der Waals surface area contributed by atoms with Crippen molar-refractivity contribution in [2.45, 2.75) is 0 Å². The molecule has 0 bridgehead atoms. The fourth-order valence-electron chi connectivity index (χ4n) is 2.64. The Labute approximate surface area is 148 Å². The molecule has 2 aromatic heterocycles. The van der Waals surface area contributed by atoms with Crippen LogP contribution in [0.1, 0.15) is 10.6 Å². The standard InChI is InChI=1S/C18H14N6O2/c1-26-13-8-7-12(11-5-3-2-4-6-11)15-16(13)22-14(9-19-15)23-18(25)17-20-10-21-24-17/h2-10H,1H3,(H,20,21,24)(H,22,23,25). The first-order valence-electron chi connectivity index (χ1n) is 7.83. The number of H-pyrrole nitrogens is 1. The lowest BCUT2D eigenvalue weighted by molar-refractivity contribution is 0.101. The summed E-state index contributed by atoms with van der Waals surface area (Å²) in [4.78, 5) is 23.7. The second-order valence-corrected chi connectivity index (χ2v) is 5.43. The Bertz CT molecular complexity index is 1060. The van der Waals surface area contributed by atoms with Crippen LogP contribution in [-0.2, 0) is 0 Å². The van der Waals surface area contributed by atoms with Crippen molar-refractivity contribution in [3.63, 3.8) is 0 Å². The third kappa shape index (κ3) is 2.84. The molecule has 0 aliphatic rings. The van der Waals surface area contributed by atoms with E-state index >= 15 is 0 Å². The van der Waals surface area contributed by atoms with Gasteiger partial charge in [0.05, 0.1) is 13.3 Å². The summed E-state index contributed by atoms with van der Waals surface area (Å²) in [5.41, 5.74) is 3.20. The molecule has 0 atom stereocenters. The number of fused-ring (bicyclic) bond motifs is 1. The third-order valence-corrected chi connectivity index (χ3v) is 3.84. The van der Waals surface area contributed by atoms with Gasteiger partial charge < -0.3 is 15.0 Å². The SMILES string of the molecule is COc1ccc(-c2ccccc2)c2ncc(NC(=O)c3nnc[nH]3)nc12. The Balaban J connectivity index is 1.78. The quantitative estimate of drug-likeness (QED) is 0.588. The number of hydrogen-bond donors (Lipinski definition) is 2. The number of amides is 1. The zero-order valence-electron chi connectivity index (χ0n) is 13.8. The van der Waals surface area contributed by atoms with E-state index in [9.17, 15) is 4.79 Å².